The molecule has 0 bridgehead atoms. The summed E-state index contributed by atoms with van der Waals surface area (Å²) in [5.41, 5.74) is 3.45. The van der Waals surface area contributed by atoms with Crippen LogP contribution in [0.1, 0.15) is 5.56 Å². The molecule has 2 saturated heterocycles. The van der Waals surface area contributed by atoms with E-state index in [1.54, 1.807) is 0 Å². The Hall–Kier alpha value is -2.30. The second-order valence-electron chi connectivity index (χ2n) is 6.38. The first-order chi connectivity index (χ1) is 12.3. The van der Waals surface area contributed by atoms with Crippen molar-refractivity contribution >= 4 is 0 Å². The summed E-state index contributed by atoms with van der Waals surface area (Å²) in [5.74, 6) is 1.79. The molecule has 0 spiro atoms. The minimum atomic E-state index is 0.192. The Labute approximate surface area is 148 Å². The highest BCUT2D eigenvalue weighted by molar-refractivity contribution is 5.66. The van der Waals surface area contributed by atoms with Crippen molar-refractivity contribution in [2.24, 2.45) is 0 Å². The van der Waals surface area contributed by atoms with E-state index in [9.17, 15) is 0 Å². The largest absolute Gasteiger partial charge is 0.490 e. The lowest BCUT2D eigenvalue weighted by molar-refractivity contribution is -0.0796. The monoisotopic (exact) mass is 338 g/mol. The summed E-state index contributed by atoms with van der Waals surface area (Å²) in [6, 6.07) is 14.5. The van der Waals surface area contributed by atoms with Crippen molar-refractivity contribution in [2.45, 2.75) is 18.6 Å². The summed E-state index contributed by atoms with van der Waals surface area (Å²) < 4.78 is 22.0. The SMILES string of the molecule is C=CCc1cc(-c2ccc(OC3COC3)cc2)ccc1OCC1CO1. The highest BCUT2D eigenvalue weighted by Crippen LogP contribution is 2.29. The maximum Gasteiger partial charge on any atom is 0.145 e. The number of ether oxygens (including phenoxy) is 4. The molecular weight excluding hydrogens is 316 g/mol. The van der Waals surface area contributed by atoms with E-state index < -0.39 is 0 Å². The summed E-state index contributed by atoms with van der Waals surface area (Å²) in [4.78, 5) is 0. The molecule has 0 saturated carbocycles. The van der Waals surface area contributed by atoms with E-state index in [-0.39, 0.29) is 12.2 Å². The summed E-state index contributed by atoms with van der Waals surface area (Å²) in [5, 5.41) is 0. The lowest BCUT2D eigenvalue weighted by atomic mass is 10.0. The molecule has 2 aliphatic heterocycles. The Morgan fingerprint density at radius 3 is 2.44 bits per heavy atom. The number of benzene rings is 2. The van der Waals surface area contributed by atoms with Crippen LogP contribution in [0.2, 0.25) is 0 Å². The molecular formula is C21H22O4. The van der Waals surface area contributed by atoms with Gasteiger partial charge in [-0.05, 0) is 47.4 Å². The predicted octanol–water partition coefficient (Wildman–Crippen LogP) is 3.64. The van der Waals surface area contributed by atoms with E-state index in [1.165, 1.54) is 0 Å². The molecule has 25 heavy (non-hydrogen) atoms. The Morgan fingerprint density at radius 1 is 1.04 bits per heavy atom. The van der Waals surface area contributed by atoms with Crippen molar-refractivity contribution in [3.8, 4) is 22.6 Å². The molecule has 2 aromatic rings. The highest BCUT2D eigenvalue weighted by Gasteiger charge is 2.23. The van der Waals surface area contributed by atoms with E-state index in [1.807, 2.05) is 24.3 Å². The quantitative estimate of drug-likeness (QED) is 0.544. The number of allylic oxidation sites excluding steroid dienone is 1. The van der Waals surface area contributed by atoms with E-state index >= 15 is 0 Å². The summed E-state index contributed by atoms with van der Waals surface area (Å²) in [6.45, 7) is 6.63. The lowest BCUT2D eigenvalue weighted by Gasteiger charge is -2.26. The molecule has 0 amide bonds. The molecule has 4 nitrogen and oxygen atoms in total. The van der Waals surface area contributed by atoms with Crippen LogP contribution in [0.5, 0.6) is 11.5 Å². The van der Waals surface area contributed by atoms with E-state index in [0.717, 1.165) is 41.2 Å². The molecule has 0 aromatic heterocycles. The zero-order chi connectivity index (χ0) is 17.1. The van der Waals surface area contributed by atoms with Crippen LogP contribution in [0.3, 0.4) is 0 Å². The first-order valence-corrected chi connectivity index (χ1v) is 8.65. The lowest BCUT2D eigenvalue weighted by Crippen LogP contribution is -2.38. The van der Waals surface area contributed by atoms with Crippen molar-refractivity contribution in [3.63, 3.8) is 0 Å². The van der Waals surface area contributed by atoms with Gasteiger partial charge in [-0.15, -0.1) is 6.58 Å². The van der Waals surface area contributed by atoms with Crippen LogP contribution in [-0.2, 0) is 15.9 Å². The maximum absolute atomic E-state index is 5.88. The molecule has 1 unspecified atom stereocenters. The molecule has 0 aliphatic carbocycles. The smallest absolute Gasteiger partial charge is 0.145 e. The minimum absolute atomic E-state index is 0.192. The van der Waals surface area contributed by atoms with Gasteiger partial charge >= 0.3 is 0 Å². The molecule has 2 aromatic carbocycles. The van der Waals surface area contributed by atoms with Crippen LogP contribution in [0.15, 0.2) is 55.1 Å². The van der Waals surface area contributed by atoms with Crippen LogP contribution >= 0.6 is 0 Å². The van der Waals surface area contributed by atoms with Crippen LogP contribution in [0, 0.1) is 0 Å². The maximum atomic E-state index is 5.88. The van der Waals surface area contributed by atoms with Crippen LogP contribution in [0.25, 0.3) is 11.1 Å². The van der Waals surface area contributed by atoms with E-state index in [2.05, 4.69) is 30.8 Å². The molecule has 2 fully saturated rings. The van der Waals surface area contributed by atoms with Crippen molar-refractivity contribution in [1.82, 2.24) is 0 Å². The first-order valence-electron chi connectivity index (χ1n) is 8.65. The Kier molecular flexibility index (Phi) is 4.72. The Balaban J connectivity index is 1.49. The molecule has 4 rings (SSSR count). The van der Waals surface area contributed by atoms with Crippen molar-refractivity contribution in [3.05, 3.63) is 60.7 Å². The fourth-order valence-corrected chi connectivity index (χ4v) is 2.76. The van der Waals surface area contributed by atoms with Gasteiger partial charge in [0.05, 0.1) is 19.8 Å². The Morgan fingerprint density at radius 2 is 1.80 bits per heavy atom. The topological polar surface area (TPSA) is 40.2 Å². The summed E-state index contributed by atoms with van der Waals surface area (Å²) in [6.07, 6.45) is 3.12. The second kappa shape index (κ2) is 7.30. The molecule has 0 N–H and O–H groups in total. The number of epoxide rings is 1. The van der Waals surface area contributed by atoms with E-state index in [0.29, 0.717) is 19.8 Å². The number of hydrogen-bond acceptors (Lipinski definition) is 4. The normalized spacial score (nSPS) is 19.1. The van der Waals surface area contributed by atoms with Crippen LogP contribution in [0.4, 0.5) is 0 Å². The van der Waals surface area contributed by atoms with Crippen molar-refractivity contribution < 1.29 is 18.9 Å². The van der Waals surface area contributed by atoms with Gasteiger partial charge < -0.3 is 18.9 Å². The predicted molar refractivity (Wildman–Crippen MR) is 96.2 cm³/mol. The standard InChI is InChI=1S/C21H22O4/c1-2-3-17-10-16(6-9-21(17)24-14-19-13-23-19)15-4-7-18(8-5-15)25-20-11-22-12-20/h2,4-10,19-20H,1,3,11-14H2. The molecule has 2 aliphatic rings. The van der Waals surface area contributed by atoms with Gasteiger partial charge in [0.1, 0.15) is 30.3 Å². The molecule has 2 heterocycles. The van der Waals surface area contributed by atoms with E-state index in [4.69, 9.17) is 18.9 Å². The zero-order valence-electron chi connectivity index (χ0n) is 14.1. The average molecular weight is 338 g/mol. The zero-order valence-corrected chi connectivity index (χ0v) is 14.1. The minimum Gasteiger partial charge on any atom is -0.490 e. The van der Waals surface area contributed by atoms with Gasteiger partial charge in [-0.3, -0.25) is 0 Å². The summed E-state index contributed by atoms with van der Waals surface area (Å²) in [7, 11) is 0. The second-order valence-corrected chi connectivity index (χ2v) is 6.38. The van der Waals surface area contributed by atoms with Gasteiger partial charge in [0, 0.05) is 0 Å². The van der Waals surface area contributed by atoms with Gasteiger partial charge in [-0.25, -0.2) is 0 Å². The van der Waals surface area contributed by atoms with Gasteiger partial charge in [0.25, 0.3) is 0 Å². The third-order valence-electron chi connectivity index (χ3n) is 4.35. The molecule has 0 radical (unpaired) electrons. The third-order valence-corrected chi connectivity index (χ3v) is 4.35. The van der Waals surface area contributed by atoms with Gasteiger partial charge in [-0.2, -0.15) is 0 Å². The van der Waals surface area contributed by atoms with Gasteiger partial charge in [-0.1, -0.05) is 24.3 Å². The fraction of sp³-hybridized carbons (Fsp3) is 0.333. The van der Waals surface area contributed by atoms with Crippen LogP contribution < -0.4 is 9.47 Å². The Bertz CT molecular complexity index is 730. The highest BCUT2D eigenvalue weighted by atomic mass is 16.6. The summed E-state index contributed by atoms with van der Waals surface area (Å²) >= 11 is 0. The molecule has 4 heteroatoms. The van der Waals surface area contributed by atoms with Crippen molar-refractivity contribution in [2.75, 3.05) is 26.4 Å². The van der Waals surface area contributed by atoms with Gasteiger partial charge in [0.2, 0.25) is 0 Å². The van der Waals surface area contributed by atoms with Crippen LogP contribution in [-0.4, -0.2) is 38.6 Å². The molecule has 1 atom stereocenters. The fourth-order valence-electron chi connectivity index (χ4n) is 2.76. The molecule has 130 valence electrons. The van der Waals surface area contributed by atoms with Crippen molar-refractivity contribution in [1.29, 1.82) is 0 Å². The van der Waals surface area contributed by atoms with Gasteiger partial charge in [0.15, 0.2) is 0 Å². The average Bonchev–Trinajstić information content (AvgIpc) is 3.42. The number of hydrogen-bond donors (Lipinski definition) is 0. The third kappa shape index (κ3) is 4.03. The first kappa shape index (κ1) is 16.2. The number of rotatable bonds is 8.